The summed E-state index contributed by atoms with van der Waals surface area (Å²) in [5.41, 5.74) is 1.03. The summed E-state index contributed by atoms with van der Waals surface area (Å²) in [5, 5.41) is 3.14. The first kappa shape index (κ1) is 13.1. The summed E-state index contributed by atoms with van der Waals surface area (Å²) < 4.78 is 18.4. The summed E-state index contributed by atoms with van der Waals surface area (Å²) in [5.74, 6) is 0.110. The van der Waals surface area contributed by atoms with E-state index in [9.17, 15) is 4.39 Å². The molecule has 0 bridgehead atoms. The minimum atomic E-state index is -0.177. The second kappa shape index (κ2) is 6.61. The summed E-state index contributed by atoms with van der Waals surface area (Å²) in [4.78, 5) is 0. The van der Waals surface area contributed by atoms with Crippen molar-refractivity contribution < 1.29 is 9.13 Å². The third-order valence-corrected chi connectivity index (χ3v) is 2.79. The lowest BCUT2D eigenvalue weighted by molar-refractivity contribution is 0.104. The van der Waals surface area contributed by atoms with Gasteiger partial charge in [-0.3, -0.25) is 0 Å². The lowest BCUT2D eigenvalue weighted by atomic mass is 9.93. The van der Waals surface area contributed by atoms with E-state index >= 15 is 0 Å². The molecule has 1 aromatic rings. The summed E-state index contributed by atoms with van der Waals surface area (Å²) in [7, 11) is 3.61. The normalized spacial score (nSPS) is 14.8. The Balaban J connectivity index is 2.76. The van der Waals surface area contributed by atoms with Crippen molar-refractivity contribution in [2.75, 3.05) is 20.7 Å². The first-order valence-corrected chi connectivity index (χ1v) is 5.60. The molecule has 1 rings (SSSR count). The SMILES string of the molecule is CNCC(CC(C)OC)c1cccc(F)c1. The van der Waals surface area contributed by atoms with E-state index in [0.717, 1.165) is 18.5 Å². The number of rotatable bonds is 6. The minimum Gasteiger partial charge on any atom is -0.382 e. The maximum Gasteiger partial charge on any atom is 0.123 e. The fraction of sp³-hybridized carbons (Fsp3) is 0.538. The molecule has 0 radical (unpaired) electrons. The molecule has 0 fully saturated rings. The second-order valence-corrected chi connectivity index (χ2v) is 4.09. The molecule has 0 saturated carbocycles. The van der Waals surface area contributed by atoms with Gasteiger partial charge in [-0.1, -0.05) is 12.1 Å². The molecule has 1 aromatic carbocycles. The van der Waals surface area contributed by atoms with Crippen LogP contribution in [-0.4, -0.2) is 26.8 Å². The molecule has 2 atom stereocenters. The molecule has 0 spiro atoms. The first-order chi connectivity index (χ1) is 7.67. The molecule has 0 aromatic heterocycles. The van der Waals surface area contributed by atoms with Crippen molar-refractivity contribution in [1.29, 1.82) is 0 Å². The van der Waals surface area contributed by atoms with Crippen LogP contribution in [0.3, 0.4) is 0 Å². The average molecular weight is 225 g/mol. The number of nitrogens with one attached hydrogen (secondary N) is 1. The van der Waals surface area contributed by atoms with Crippen molar-refractivity contribution in [3.63, 3.8) is 0 Å². The maximum atomic E-state index is 13.1. The van der Waals surface area contributed by atoms with E-state index in [0.29, 0.717) is 0 Å². The topological polar surface area (TPSA) is 21.3 Å². The van der Waals surface area contributed by atoms with Crippen molar-refractivity contribution in [3.05, 3.63) is 35.6 Å². The number of hydrogen-bond donors (Lipinski definition) is 1. The van der Waals surface area contributed by atoms with Gasteiger partial charge in [0.25, 0.3) is 0 Å². The van der Waals surface area contributed by atoms with Crippen LogP contribution in [0.2, 0.25) is 0 Å². The number of halogens is 1. The monoisotopic (exact) mass is 225 g/mol. The molecule has 0 amide bonds. The van der Waals surface area contributed by atoms with Crippen LogP contribution in [0, 0.1) is 5.82 Å². The van der Waals surface area contributed by atoms with E-state index < -0.39 is 0 Å². The van der Waals surface area contributed by atoms with Crippen LogP contribution in [0.15, 0.2) is 24.3 Å². The zero-order chi connectivity index (χ0) is 12.0. The number of methoxy groups -OCH3 is 1. The predicted octanol–water partition coefficient (Wildman–Crippen LogP) is 2.55. The van der Waals surface area contributed by atoms with Crippen molar-refractivity contribution >= 4 is 0 Å². The Bertz CT molecular complexity index is 317. The molecule has 1 N–H and O–H groups in total. The smallest absolute Gasteiger partial charge is 0.123 e. The highest BCUT2D eigenvalue weighted by Crippen LogP contribution is 2.22. The fourth-order valence-corrected chi connectivity index (χ4v) is 1.84. The van der Waals surface area contributed by atoms with E-state index in [2.05, 4.69) is 5.32 Å². The Morgan fingerprint density at radius 3 is 2.75 bits per heavy atom. The predicted molar refractivity (Wildman–Crippen MR) is 64.2 cm³/mol. The molecule has 0 aliphatic carbocycles. The molecule has 0 aliphatic rings. The lowest BCUT2D eigenvalue weighted by Gasteiger charge is -2.20. The van der Waals surface area contributed by atoms with E-state index in [-0.39, 0.29) is 17.8 Å². The molecule has 3 heteroatoms. The Hall–Kier alpha value is -0.930. The van der Waals surface area contributed by atoms with Gasteiger partial charge < -0.3 is 10.1 Å². The van der Waals surface area contributed by atoms with Gasteiger partial charge in [0.15, 0.2) is 0 Å². The first-order valence-electron chi connectivity index (χ1n) is 5.60. The third-order valence-electron chi connectivity index (χ3n) is 2.79. The maximum absolute atomic E-state index is 13.1. The van der Waals surface area contributed by atoms with Crippen molar-refractivity contribution in [1.82, 2.24) is 5.32 Å². The van der Waals surface area contributed by atoms with E-state index in [1.807, 2.05) is 20.0 Å². The highest BCUT2D eigenvalue weighted by molar-refractivity contribution is 5.21. The molecule has 0 aliphatic heterocycles. The van der Waals surface area contributed by atoms with E-state index in [4.69, 9.17) is 4.74 Å². The zero-order valence-corrected chi connectivity index (χ0v) is 10.2. The van der Waals surface area contributed by atoms with Gasteiger partial charge in [-0.25, -0.2) is 4.39 Å². The number of hydrogen-bond acceptors (Lipinski definition) is 2. The van der Waals surface area contributed by atoms with Crippen molar-refractivity contribution in [3.8, 4) is 0 Å². The quantitative estimate of drug-likeness (QED) is 0.803. The van der Waals surface area contributed by atoms with Crippen LogP contribution in [0.5, 0.6) is 0 Å². The van der Waals surface area contributed by atoms with Crippen LogP contribution in [0.25, 0.3) is 0 Å². The van der Waals surface area contributed by atoms with Crippen LogP contribution in [0.1, 0.15) is 24.8 Å². The van der Waals surface area contributed by atoms with E-state index in [1.165, 1.54) is 6.07 Å². The van der Waals surface area contributed by atoms with Crippen LogP contribution in [0.4, 0.5) is 4.39 Å². The minimum absolute atomic E-state index is 0.177. The number of likely N-dealkylation sites (N-methyl/N-ethyl adjacent to an activating group) is 1. The van der Waals surface area contributed by atoms with Crippen LogP contribution >= 0.6 is 0 Å². The fourth-order valence-electron chi connectivity index (χ4n) is 1.84. The summed E-state index contributed by atoms with van der Waals surface area (Å²) in [6.07, 6.45) is 1.07. The number of benzene rings is 1. The Morgan fingerprint density at radius 2 is 2.19 bits per heavy atom. The zero-order valence-electron chi connectivity index (χ0n) is 10.2. The van der Waals surface area contributed by atoms with Gasteiger partial charge in [0.2, 0.25) is 0 Å². The molecular weight excluding hydrogens is 205 g/mol. The van der Waals surface area contributed by atoms with E-state index in [1.54, 1.807) is 19.2 Å². The summed E-state index contributed by atoms with van der Waals surface area (Å²) in [6.45, 7) is 2.86. The second-order valence-electron chi connectivity index (χ2n) is 4.09. The lowest BCUT2D eigenvalue weighted by Crippen LogP contribution is -2.21. The third kappa shape index (κ3) is 3.91. The van der Waals surface area contributed by atoms with Crippen LogP contribution in [-0.2, 0) is 4.74 Å². The Labute approximate surface area is 96.8 Å². The van der Waals surface area contributed by atoms with Crippen molar-refractivity contribution in [2.24, 2.45) is 0 Å². The molecule has 0 heterocycles. The standard InChI is InChI=1S/C13H20FNO/c1-10(16-3)7-12(9-15-2)11-5-4-6-13(14)8-11/h4-6,8,10,12,15H,7,9H2,1-3H3. The van der Waals surface area contributed by atoms with Gasteiger partial charge in [-0.15, -0.1) is 0 Å². The largest absolute Gasteiger partial charge is 0.382 e. The Morgan fingerprint density at radius 1 is 1.44 bits per heavy atom. The molecule has 90 valence electrons. The van der Waals surface area contributed by atoms with Gasteiger partial charge in [0, 0.05) is 13.7 Å². The number of ether oxygens (including phenoxy) is 1. The van der Waals surface area contributed by atoms with Gasteiger partial charge >= 0.3 is 0 Å². The molecule has 2 unspecified atom stereocenters. The van der Waals surface area contributed by atoms with Gasteiger partial charge in [-0.05, 0) is 44.0 Å². The molecule has 0 saturated heterocycles. The molecule has 2 nitrogen and oxygen atoms in total. The van der Waals surface area contributed by atoms with Gasteiger partial charge in [0.1, 0.15) is 5.82 Å². The van der Waals surface area contributed by atoms with Crippen molar-refractivity contribution in [2.45, 2.75) is 25.4 Å². The summed E-state index contributed by atoms with van der Waals surface area (Å²) in [6, 6.07) is 6.79. The molecule has 16 heavy (non-hydrogen) atoms. The molecular formula is C13H20FNO. The summed E-state index contributed by atoms with van der Waals surface area (Å²) >= 11 is 0. The van der Waals surface area contributed by atoms with Gasteiger partial charge in [-0.2, -0.15) is 0 Å². The average Bonchev–Trinajstić information content (AvgIpc) is 2.28. The highest BCUT2D eigenvalue weighted by atomic mass is 19.1. The Kier molecular flexibility index (Phi) is 5.43. The van der Waals surface area contributed by atoms with Crippen LogP contribution < -0.4 is 5.32 Å². The highest BCUT2D eigenvalue weighted by Gasteiger charge is 2.14. The van der Waals surface area contributed by atoms with Gasteiger partial charge in [0.05, 0.1) is 6.10 Å².